The Hall–Kier alpha value is -1.54. The zero-order chi connectivity index (χ0) is 12.3. The summed E-state index contributed by atoms with van der Waals surface area (Å²) < 4.78 is 0. The van der Waals surface area contributed by atoms with Gasteiger partial charge < -0.3 is 4.90 Å². The molecule has 0 spiro atoms. The number of nitrogens with zero attached hydrogens (tertiary/aromatic N) is 1. The van der Waals surface area contributed by atoms with Crippen LogP contribution in [0.15, 0.2) is 54.6 Å². The maximum Gasteiger partial charge on any atom is 0.0997 e. The summed E-state index contributed by atoms with van der Waals surface area (Å²) in [5, 5.41) is 3.01. The standard InChI is InChI=1S/C15H19NSi/c1-16(2)13-9-11-15(12-10-13)17(3)14-7-5-4-6-8-14/h4-12,17H,1-3H3. The first kappa shape index (κ1) is 11.9. The molecule has 2 aromatic carbocycles. The lowest BCUT2D eigenvalue weighted by molar-refractivity contribution is 1.13. The molecule has 0 aliphatic rings. The number of anilines is 1. The molecule has 88 valence electrons. The van der Waals surface area contributed by atoms with Gasteiger partial charge in [-0.2, -0.15) is 0 Å². The molecule has 1 unspecified atom stereocenters. The monoisotopic (exact) mass is 241 g/mol. The first-order valence-corrected chi connectivity index (χ1v) is 8.31. The molecular weight excluding hydrogens is 222 g/mol. The van der Waals surface area contributed by atoms with E-state index < -0.39 is 8.80 Å². The zero-order valence-electron chi connectivity index (χ0n) is 10.7. The molecule has 0 aliphatic carbocycles. The van der Waals surface area contributed by atoms with Gasteiger partial charge in [0.05, 0.1) is 8.80 Å². The first-order chi connectivity index (χ1) is 8.18. The van der Waals surface area contributed by atoms with E-state index in [0.29, 0.717) is 0 Å². The fourth-order valence-corrected chi connectivity index (χ4v) is 3.95. The van der Waals surface area contributed by atoms with Gasteiger partial charge in [0, 0.05) is 19.8 Å². The van der Waals surface area contributed by atoms with Gasteiger partial charge in [0.1, 0.15) is 0 Å². The van der Waals surface area contributed by atoms with Gasteiger partial charge in [-0.15, -0.1) is 0 Å². The van der Waals surface area contributed by atoms with Crippen LogP contribution in [0.1, 0.15) is 0 Å². The van der Waals surface area contributed by atoms with E-state index in [1.165, 1.54) is 16.1 Å². The van der Waals surface area contributed by atoms with Crippen LogP contribution in [0, 0.1) is 0 Å². The summed E-state index contributed by atoms with van der Waals surface area (Å²) in [6.07, 6.45) is 0. The van der Waals surface area contributed by atoms with Gasteiger partial charge in [-0.3, -0.25) is 0 Å². The van der Waals surface area contributed by atoms with Crippen LogP contribution in [0.5, 0.6) is 0 Å². The first-order valence-electron chi connectivity index (χ1n) is 6.00. The summed E-state index contributed by atoms with van der Waals surface area (Å²) in [4.78, 5) is 2.14. The molecule has 0 saturated carbocycles. The molecule has 0 fully saturated rings. The molecule has 17 heavy (non-hydrogen) atoms. The van der Waals surface area contributed by atoms with Crippen molar-refractivity contribution >= 4 is 24.9 Å². The summed E-state index contributed by atoms with van der Waals surface area (Å²) in [6.45, 7) is 2.39. The molecule has 0 aromatic heterocycles. The Balaban J connectivity index is 2.23. The Morgan fingerprint density at radius 3 is 1.82 bits per heavy atom. The largest absolute Gasteiger partial charge is 0.378 e. The van der Waals surface area contributed by atoms with E-state index in [0.717, 1.165) is 0 Å². The lowest BCUT2D eigenvalue weighted by Gasteiger charge is -2.15. The van der Waals surface area contributed by atoms with E-state index in [9.17, 15) is 0 Å². The van der Waals surface area contributed by atoms with E-state index in [1.54, 1.807) is 0 Å². The van der Waals surface area contributed by atoms with Crippen LogP contribution >= 0.6 is 0 Å². The highest BCUT2D eigenvalue weighted by Gasteiger charge is 2.09. The summed E-state index contributed by atoms with van der Waals surface area (Å²) in [7, 11) is 3.16. The van der Waals surface area contributed by atoms with Crippen LogP contribution in [0.25, 0.3) is 0 Å². The number of hydrogen-bond donors (Lipinski definition) is 0. The minimum Gasteiger partial charge on any atom is -0.378 e. The second kappa shape index (κ2) is 5.19. The topological polar surface area (TPSA) is 3.24 Å². The van der Waals surface area contributed by atoms with Crippen LogP contribution in [0.2, 0.25) is 6.55 Å². The van der Waals surface area contributed by atoms with E-state index in [2.05, 4.69) is 80.1 Å². The van der Waals surface area contributed by atoms with Gasteiger partial charge in [-0.25, -0.2) is 0 Å². The second-order valence-corrected chi connectivity index (χ2v) is 7.40. The predicted molar refractivity (Wildman–Crippen MR) is 79.5 cm³/mol. The molecule has 2 rings (SSSR count). The molecule has 0 heterocycles. The molecule has 1 atom stereocenters. The summed E-state index contributed by atoms with van der Waals surface area (Å²) in [6, 6.07) is 19.8. The number of rotatable bonds is 3. The van der Waals surface area contributed by atoms with Gasteiger partial charge in [0.2, 0.25) is 0 Å². The van der Waals surface area contributed by atoms with Crippen molar-refractivity contribution in [1.29, 1.82) is 0 Å². The van der Waals surface area contributed by atoms with Crippen LogP contribution in [-0.2, 0) is 0 Å². The molecule has 0 aliphatic heterocycles. The van der Waals surface area contributed by atoms with Crippen molar-refractivity contribution in [3.05, 3.63) is 54.6 Å². The fraction of sp³-hybridized carbons (Fsp3) is 0.200. The lowest BCUT2D eigenvalue weighted by atomic mass is 10.3. The van der Waals surface area contributed by atoms with Crippen molar-refractivity contribution in [2.24, 2.45) is 0 Å². The minimum atomic E-state index is -0.989. The quantitative estimate of drug-likeness (QED) is 0.740. The maximum absolute atomic E-state index is 2.39. The molecule has 0 amide bonds. The Morgan fingerprint density at radius 2 is 1.29 bits per heavy atom. The molecule has 0 bridgehead atoms. The third kappa shape index (κ3) is 2.77. The van der Waals surface area contributed by atoms with Crippen molar-refractivity contribution in [3.8, 4) is 0 Å². The van der Waals surface area contributed by atoms with Gasteiger partial charge in [0.25, 0.3) is 0 Å². The highest BCUT2D eigenvalue weighted by Crippen LogP contribution is 2.07. The van der Waals surface area contributed by atoms with Gasteiger partial charge in [0.15, 0.2) is 0 Å². The van der Waals surface area contributed by atoms with Crippen LogP contribution < -0.4 is 15.3 Å². The van der Waals surface area contributed by atoms with Crippen molar-refractivity contribution in [2.75, 3.05) is 19.0 Å². The second-order valence-electron chi connectivity index (χ2n) is 4.62. The molecule has 2 heteroatoms. The smallest absolute Gasteiger partial charge is 0.0997 e. The van der Waals surface area contributed by atoms with Crippen LogP contribution in [0.4, 0.5) is 5.69 Å². The molecule has 1 nitrogen and oxygen atoms in total. The number of hydrogen-bond acceptors (Lipinski definition) is 1. The third-order valence-electron chi connectivity index (χ3n) is 3.21. The van der Waals surface area contributed by atoms with Gasteiger partial charge >= 0.3 is 0 Å². The van der Waals surface area contributed by atoms with E-state index in [1.807, 2.05) is 0 Å². The average Bonchev–Trinajstić information content (AvgIpc) is 2.39. The molecule has 0 saturated heterocycles. The van der Waals surface area contributed by atoms with Crippen LogP contribution in [-0.4, -0.2) is 22.9 Å². The van der Waals surface area contributed by atoms with Gasteiger partial charge in [-0.1, -0.05) is 59.4 Å². The zero-order valence-corrected chi connectivity index (χ0v) is 11.9. The van der Waals surface area contributed by atoms with E-state index in [4.69, 9.17) is 0 Å². The van der Waals surface area contributed by atoms with E-state index >= 15 is 0 Å². The molecule has 0 N–H and O–H groups in total. The Labute approximate surface area is 105 Å². The highest BCUT2D eigenvalue weighted by molar-refractivity contribution is 6.84. The average molecular weight is 241 g/mol. The fourth-order valence-electron chi connectivity index (χ4n) is 2.00. The Morgan fingerprint density at radius 1 is 0.765 bits per heavy atom. The predicted octanol–water partition coefficient (Wildman–Crippen LogP) is 1.72. The van der Waals surface area contributed by atoms with Crippen molar-refractivity contribution in [2.45, 2.75) is 6.55 Å². The highest BCUT2D eigenvalue weighted by atomic mass is 28.3. The van der Waals surface area contributed by atoms with E-state index in [-0.39, 0.29) is 0 Å². The molecule has 2 aromatic rings. The summed E-state index contributed by atoms with van der Waals surface area (Å²) in [5.74, 6) is 0. The Bertz CT molecular complexity index is 462. The SMILES string of the molecule is CN(C)c1ccc([SiH](C)c2ccccc2)cc1. The third-order valence-corrected chi connectivity index (χ3v) is 5.98. The van der Waals surface area contributed by atoms with Gasteiger partial charge in [-0.05, 0) is 12.1 Å². The lowest BCUT2D eigenvalue weighted by Crippen LogP contribution is -2.38. The Kier molecular flexibility index (Phi) is 3.64. The summed E-state index contributed by atoms with van der Waals surface area (Å²) >= 11 is 0. The van der Waals surface area contributed by atoms with Crippen molar-refractivity contribution < 1.29 is 0 Å². The summed E-state index contributed by atoms with van der Waals surface area (Å²) in [5.41, 5.74) is 1.27. The van der Waals surface area contributed by atoms with Crippen molar-refractivity contribution in [3.63, 3.8) is 0 Å². The number of benzene rings is 2. The normalized spacial score (nSPS) is 12.2. The van der Waals surface area contributed by atoms with Crippen LogP contribution in [0.3, 0.4) is 0 Å². The van der Waals surface area contributed by atoms with Crippen molar-refractivity contribution in [1.82, 2.24) is 0 Å². The minimum absolute atomic E-state index is 0.989. The maximum atomic E-state index is 2.39. The molecule has 0 radical (unpaired) electrons. The molecular formula is C15H19NSi.